The summed E-state index contributed by atoms with van der Waals surface area (Å²) in [5, 5.41) is 0. The van der Waals surface area contributed by atoms with E-state index >= 15 is 0 Å². The van der Waals surface area contributed by atoms with Crippen molar-refractivity contribution in [2.75, 3.05) is 7.11 Å². The van der Waals surface area contributed by atoms with Gasteiger partial charge in [0.1, 0.15) is 23.9 Å². The molecule has 0 bridgehead atoms. The van der Waals surface area contributed by atoms with Crippen molar-refractivity contribution in [3.05, 3.63) is 88.4 Å². The Kier molecular flexibility index (Phi) is 5.92. The van der Waals surface area contributed by atoms with Gasteiger partial charge in [-0.1, -0.05) is 34.1 Å². The molecule has 0 unspecified atom stereocenters. The number of carbonyl (C=O) groups excluding carboxylic acids is 1. The topological polar surface area (TPSA) is 44.8 Å². The molecule has 3 rings (SSSR count). The number of ether oxygens (including phenoxy) is 3. The molecule has 0 radical (unpaired) electrons. The minimum absolute atomic E-state index is 0.418. The second kappa shape index (κ2) is 8.54. The average Bonchev–Trinajstić information content (AvgIpc) is 2.68. The Labute approximate surface area is 160 Å². The molecule has 0 saturated heterocycles. The maximum Gasteiger partial charge on any atom is 0.343 e. The van der Waals surface area contributed by atoms with Crippen molar-refractivity contribution >= 4 is 21.9 Å². The minimum atomic E-state index is -0.418. The highest BCUT2D eigenvalue weighted by atomic mass is 79.9. The van der Waals surface area contributed by atoms with Gasteiger partial charge in [-0.15, -0.1) is 0 Å². The highest BCUT2D eigenvalue weighted by Gasteiger charge is 2.09. The van der Waals surface area contributed by atoms with Gasteiger partial charge in [-0.2, -0.15) is 0 Å². The molecule has 0 aliphatic carbocycles. The number of esters is 1. The largest absolute Gasteiger partial charge is 0.497 e. The van der Waals surface area contributed by atoms with E-state index in [-0.39, 0.29) is 0 Å². The first-order valence-electron chi connectivity index (χ1n) is 7.97. The van der Waals surface area contributed by atoms with Crippen molar-refractivity contribution < 1.29 is 19.0 Å². The van der Waals surface area contributed by atoms with Gasteiger partial charge < -0.3 is 14.2 Å². The molecule has 0 fully saturated rings. The Balaban J connectivity index is 1.59. The van der Waals surface area contributed by atoms with Crippen LogP contribution >= 0.6 is 15.9 Å². The van der Waals surface area contributed by atoms with E-state index in [1.54, 1.807) is 43.5 Å². The molecular weight excluding hydrogens is 396 g/mol. The maximum atomic E-state index is 12.2. The Morgan fingerprint density at radius 2 is 1.58 bits per heavy atom. The lowest BCUT2D eigenvalue weighted by molar-refractivity contribution is 0.0734. The molecule has 5 heteroatoms. The number of rotatable bonds is 6. The fraction of sp³-hybridized carbons (Fsp3) is 0.0952. The molecule has 3 aromatic rings. The van der Waals surface area contributed by atoms with E-state index in [1.165, 1.54) is 0 Å². The highest BCUT2D eigenvalue weighted by Crippen LogP contribution is 2.21. The summed E-state index contributed by atoms with van der Waals surface area (Å²) in [6, 6.07) is 21.7. The van der Waals surface area contributed by atoms with Crippen molar-refractivity contribution in [3.63, 3.8) is 0 Å². The average molecular weight is 413 g/mol. The molecule has 0 aliphatic heterocycles. The van der Waals surface area contributed by atoms with E-state index in [0.717, 1.165) is 15.8 Å². The van der Waals surface area contributed by atoms with Gasteiger partial charge in [0.25, 0.3) is 0 Å². The molecule has 0 aliphatic rings. The van der Waals surface area contributed by atoms with E-state index in [9.17, 15) is 4.79 Å². The van der Waals surface area contributed by atoms with Crippen LogP contribution in [0, 0.1) is 0 Å². The van der Waals surface area contributed by atoms with Gasteiger partial charge in [0.15, 0.2) is 0 Å². The van der Waals surface area contributed by atoms with Crippen LogP contribution in [-0.4, -0.2) is 13.1 Å². The Bertz CT molecular complexity index is 873. The van der Waals surface area contributed by atoms with Crippen LogP contribution in [0.2, 0.25) is 0 Å². The summed E-state index contributed by atoms with van der Waals surface area (Å²) >= 11 is 3.39. The molecule has 132 valence electrons. The van der Waals surface area contributed by atoms with E-state index in [0.29, 0.717) is 23.7 Å². The van der Waals surface area contributed by atoms with Crippen LogP contribution < -0.4 is 14.2 Å². The fourth-order valence-corrected chi connectivity index (χ4v) is 2.53. The number of carbonyl (C=O) groups is 1. The number of hydrogen-bond donors (Lipinski definition) is 0. The molecule has 0 heterocycles. The Morgan fingerprint density at radius 1 is 0.885 bits per heavy atom. The fourth-order valence-electron chi connectivity index (χ4n) is 2.27. The zero-order chi connectivity index (χ0) is 18.4. The van der Waals surface area contributed by atoms with Crippen molar-refractivity contribution in [2.45, 2.75) is 6.61 Å². The lowest BCUT2D eigenvalue weighted by atomic mass is 10.1. The summed E-state index contributed by atoms with van der Waals surface area (Å²) in [5.74, 6) is 1.45. The van der Waals surface area contributed by atoms with Gasteiger partial charge in [0, 0.05) is 10.5 Å². The lowest BCUT2D eigenvalue weighted by Crippen LogP contribution is -2.08. The van der Waals surface area contributed by atoms with E-state index in [2.05, 4.69) is 15.9 Å². The van der Waals surface area contributed by atoms with Crippen LogP contribution in [0.4, 0.5) is 0 Å². The van der Waals surface area contributed by atoms with Crippen LogP contribution in [0.15, 0.2) is 77.3 Å². The zero-order valence-electron chi connectivity index (χ0n) is 14.1. The molecule has 0 aromatic heterocycles. The standard InChI is InChI=1S/C21H17BrO4/c1-24-19-3-2-4-20(13-19)26-21(23)16-7-5-15(6-8-16)14-25-18-11-9-17(22)10-12-18/h2-13H,14H2,1H3. The van der Waals surface area contributed by atoms with Gasteiger partial charge in [-0.05, 0) is 54.1 Å². The van der Waals surface area contributed by atoms with Crippen LogP contribution in [0.25, 0.3) is 0 Å². The smallest absolute Gasteiger partial charge is 0.343 e. The maximum absolute atomic E-state index is 12.2. The first-order valence-corrected chi connectivity index (χ1v) is 8.77. The third kappa shape index (κ3) is 4.86. The minimum Gasteiger partial charge on any atom is -0.497 e. The number of halogens is 1. The van der Waals surface area contributed by atoms with E-state index in [4.69, 9.17) is 14.2 Å². The molecule has 0 atom stereocenters. The quantitative estimate of drug-likeness (QED) is 0.409. The van der Waals surface area contributed by atoms with Crippen LogP contribution in [0.3, 0.4) is 0 Å². The monoisotopic (exact) mass is 412 g/mol. The van der Waals surface area contributed by atoms with Crippen molar-refractivity contribution in [3.8, 4) is 17.2 Å². The summed E-state index contributed by atoms with van der Waals surface area (Å²) < 4.78 is 17.2. The summed E-state index contributed by atoms with van der Waals surface area (Å²) in [7, 11) is 1.57. The molecule has 0 amide bonds. The lowest BCUT2D eigenvalue weighted by Gasteiger charge is -2.08. The van der Waals surface area contributed by atoms with E-state index < -0.39 is 5.97 Å². The first kappa shape index (κ1) is 18.0. The predicted octanol–water partition coefficient (Wildman–Crippen LogP) is 5.26. The molecule has 0 N–H and O–H groups in total. The van der Waals surface area contributed by atoms with Crippen LogP contribution in [0.5, 0.6) is 17.2 Å². The molecule has 3 aromatic carbocycles. The molecular formula is C21H17BrO4. The third-order valence-electron chi connectivity index (χ3n) is 3.66. The molecule has 0 saturated carbocycles. The highest BCUT2D eigenvalue weighted by molar-refractivity contribution is 9.10. The van der Waals surface area contributed by atoms with Gasteiger partial charge >= 0.3 is 5.97 Å². The SMILES string of the molecule is COc1cccc(OC(=O)c2ccc(COc3ccc(Br)cc3)cc2)c1. The summed E-state index contributed by atoms with van der Waals surface area (Å²) in [6.07, 6.45) is 0. The number of benzene rings is 3. The van der Waals surface area contributed by atoms with Crippen LogP contribution in [0.1, 0.15) is 15.9 Å². The Morgan fingerprint density at radius 3 is 2.27 bits per heavy atom. The Hall–Kier alpha value is -2.79. The normalized spacial score (nSPS) is 10.2. The zero-order valence-corrected chi connectivity index (χ0v) is 15.7. The number of methoxy groups -OCH3 is 1. The molecule has 4 nitrogen and oxygen atoms in total. The van der Waals surface area contributed by atoms with E-state index in [1.807, 2.05) is 36.4 Å². The van der Waals surface area contributed by atoms with Crippen LogP contribution in [-0.2, 0) is 6.61 Å². The summed E-state index contributed by atoms with van der Waals surface area (Å²) in [4.78, 5) is 12.2. The molecule has 26 heavy (non-hydrogen) atoms. The second-order valence-corrected chi connectivity index (χ2v) is 6.42. The van der Waals surface area contributed by atoms with Gasteiger partial charge in [0.05, 0.1) is 12.7 Å². The predicted molar refractivity (Wildman–Crippen MR) is 103 cm³/mol. The second-order valence-electron chi connectivity index (χ2n) is 5.51. The first-order chi connectivity index (χ1) is 12.6. The summed E-state index contributed by atoms with van der Waals surface area (Å²) in [6.45, 7) is 0.423. The van der Waals surface area contributed by atoms with Gasteiger partial charge in [0.2, 0.25) is 0 Å². The third-order valence-corrected chi connectivity index (χ3v) is 4.19. The van der Waals surface area contributed by atoms with Crippen molar-refractivity contribution in [1.29, 1.82) is 0 Å². The van der Waals surface area contributed by atoms with Gasteiger partial charge in [-0.25, -0.2) is 4.79 Å². The number of hydrogen-bond acceptors (Lipinski definition) is 4. The van der Waals surface area contributed by atoms with Gasteiger partial charge in [-0.3, -0.25) is 0 Å². The van der Waals surface area contributed by atoms with Crippen molar-refractivity contribution in [2.24, 2.45) is 0 Å². The summed E-state index contributed by atoms with van der Waals surface area (Å²) in [5.41, 5.74) is 1.44. The van der Waals surface area contributed by atoms with Crippen molar-refractivity contribution in [1.82, 2.24) is 0 Å². The molecule has 0 spiro atoms.